The standard InChI is InChI=1S/C18H16N4OS2/c19-10-12-7-9-24-17(12)21-16(23)11-22-8-3-5-14(22)18-20-13-4-1-2-6-15(13)25-18/h1-2,4,6-7,9,14H,3,5,8,11H2,(H,21,23)/p+1/t14-/m0/s1. The number of thiophene rings is 1. The van der Waals surface area contributed by atoms with Crippen LogP contribution in [0, 0.1) is 11.3 Å². The Kier molecular flexibility index (Phi) is 4.49. The van der Waals surface area contributed by atoms with Gasteiger partial charge in [-0.05, 0) is 23.6 Å². The topological polar surface area (TPSA) is 70.2 Å². The van der Waals surface area contributed by atoms with Gasteiger partial charge < -0.3 is 10.2 Å². The lowest BCUT2D eigenvalue weighted by Crippen LogP contribution is -3.11. The normalized spacial score (nSPS) is 19.8. The molecule has 1 amide bonds. The molecule has 3 heterocycles. The number of anilines is 1. The number of benzene rings is 1. The fourth-order valence-electron chi connectivity index (χ4n) is 3.33. The summed E-state index contributed by atoms with van der Waals surface area (Å²) in [6, 6.07) is 12.3. The van der Waals surface area contributed by atoms with Crippen molar-refractivity contribution in [1.82, 2.24) is 4.98 Å². The van der Waals surface area contributed by atoms with Crippen molar-refractivity contribution in [1.29, 1.82) is 5.26 Å². The first kappa shape index (κ1) is 16.2. The van der Waals surface area contributed by atoms with Gasteiger partial charge in [-0.3, -0.25) is 4.79 Å². The molecule has 3 aromatic rings. The minimum atomic E-state index is -0.0399. The van der Waals surface area contributed by atoms with Crippen molar-refractivity contribution < 1.29 is 9.69 Å². The van der Waals surface area contributed by atoms with Crippen molar-refractivity contribution in [3.05, 3.63) is 46.3 Å². The Morgan fingerprint density at radius 1 is 1.40 bits per heavy atom. The summed E-state index contributed by atoms with van der Waals surface area (Å²) in [7, 11) is 0. The molecular formula is C18H17N4OS2+. The van der Waals surface area contributed by atoms with Gasteiger partial charge in [0.25, 0.3) is 5.91 Å². The molecule has 1 saturated heterocycles. The lowest BCUT2D eigenvalue weighted by molar-refractivity contribution is -0.910. The van der Waals surface area contributed by atoms with Crippen LogP contribution in [0.25, 0.3) is 10.2 Å². The molecule has 25 heavy (non-hydrogen) atoms. The molecule has 1 fully saturated rings. The first-order valence-corrected chi connectivity index (χ1v) is 9.91. The van der Waals surface area contributed by atoms with E-state index in [2.05, 4.69) is 17.5 Å². The number of nitrogens with zero attached hydrogens (tertiary/aromatic N) is 2. The molecule has 2 N–H and O–H groups in total. The van der Waals surface area contributed by atoms with Gasteiger partial charge in [-0.2, -0.15) is 5.26 Å². The molecule has 7 heteroatoms. The quantitative estimate of drug-likeness (QED) is 0.743. The number of para-hydroxylation sites is 1. The molecule has 2 atom stereocenters. The van der Waals surface area contributed by atoms with Crippen molar-refractivity contribution in [2.75, 3.05) is 18.4 Å². The molecule has 1 unspecified atom stereocenters. The Morgan fingerprint density at radius 2 is 2.28 bits per heavy atom. The van der Waals surface area contributed by atoms with Crippen molar-refractivity contribution in [2.24, 2.45) is 0 Å². The van der Waals surface area contributed by atoms with Crippen molar-refractivity contribution in [2.45, 2.75) is 18.9 Å². The van der Waals surface area contributed by atoms with Crippen molar-refractivity contribution in [3.63, 3.8) is 0 Å². The molecule has 0 spiro atoms. The van der Waals surface area contributed by atoms with E-state index in [4.69, 9.17) is 10.2 Å². The number of nitriles is 1. The molecule has 5 nitrogen and oxygen atoms in total. The summed E-state index contributed by atoms with van der Waals surface area (Å²) in [5.41, 5.74) is 1.56. The largest absolute Gasteiger partial charge is 0.319 e. The highest BCUT2D eigenvalue weighted by atomic mass is 32.1. The number of hydrogen-bond acceptors (Lipinski definition) is 5. The maximum atomic E-state index is 12.4. The Hall–Kier alpha value is -2.27. The third kappa shape index (κ3) is 3.29. The van der Waals surface area contributed by atoms with Gasteiger partial charge in [0.15, 0.2) is 11.6 Å². The number of amides is 1. The van der Waals surface area contributed by atoms with Crippen LogP contribution in [-0.2, 0) is 4.79 Å². The minimum absolute atomic E-state index is 0.0399. The zero-order valence-corrected chi connectivity index (χ0v) is 15.1. The molecule has 126 valence electrons. The number of aromatic nitrogens is 1. The first-order valence-electron chi connectivity index (χ1n) is 8.22. The van der Waals surface area contributed by atoms with E-state index in [0.29, 0.717) is 17.1 Å². The van der Waals surface area contributed by atoms with Crippen LogP contribution in [0.5, 0.6) is 0 Å². The molecule has 0 radical (unpaired) electrons. The summed E-state index contributed by atoms with van der Waals surface area (Å²) in [6.07, 6.45) is 2.16. The number of quaternary nitrogens is 1. The maximum absolute atomic E-state index is 12.4. The molecule has 4 rings (SSSR count). The predicted molar refractivity (Wildman–Crippen MR) is 100.0 cm³/mol. The number of hydrogen-bond donors (Lipinski definition) is 2. The van der Waals surface area contributed by atoms with Crippen molar-refractivity contribution in [3.8, 4) is 6.07 Å². The number of nitrogens with one attached hydrogen (secondary N) is 2. The van der Waals surface area contributed by atoms with Crippen molar-refractivity contribution >= 4 is 43.8 Å². The Balaban J connectivity index is 1.48. The number of carbonyl (C=O) groups is 1. The van der Waals surface area contributed by atoms with E-state index in [0.717, 1.165) is 29.9 Å². The summed E-state index contributed by atoms with van der Waals surface area (Å²) in [4.78, 5) is 18.5. The second-order valence-corrected chi connectivity index (χ2v) is 8.10. The number of carbonyl (C=O) groups excluding carboxylic acids is 1. The van der Waals surface area contributed by atoms with Crippen LogP contribution in [0.15, 0.2) is 35.7 Å². The lowest BCUT2D eigenvalue weighted by atomic mass is 10.2. The average molecular weight is 369 g/mol. The fraction of sp³-hybridized carbons (Fsp3) is 0.278. The summed E-state index contributed by atoms with van der Waals surface area (Å²) < 4.78 is 1.20. The Bertz CT molecular complexity index is 922. The minimum Gasteiger partial charge on any atom is -0.319 e. The molecule has 0 saturated carbocycles. The van der Waals surface area contributed by atoms with E-state index in [1.807, 2.05) is 23.6 Å². The maximum Gasteiger partial charge on any atom is 0.280 e. The number of likely N-dealkylation sites (tertiary alicyclic amines) is 1. The van der Waals surface area contributed by atoms with Gasteiger partial charge in [0, 0.05) is 12.8 Å². The fourth-order valence-corrected chi connectivity index (χ4v) is 5.25. The van der Waals surface area contributed by atoms with Gasteiger partial charge in [0.1, 0.15) is 17.1 Å². The second-order valence-electron chi connectivity index (χ2n) is 6.12. The van der Waals surface area contributed by atoms with Gasteiger partial charge in [0.2, 0.25) is 0 Å². The van der Waals surface area contributed by atoms with Crippen LogP contribution in [-0.4, -0.2) is 24.0 Å². The van der Waals surface area contributed by atoms with Crippen LogP contribution in [0.4, 0.5) is 5.00 Å². The van der Waals surface area contributed by atoms with Gasteiger partial charge in [-0.25, -0.2) is 4.98 Å². The Morgan fingerprint density at radius 3 is 3.12 bits per heavy atom. The first-order chi connectivity index (χ1) is 12.2. The van der Waals surface area contributed by atoms with Crippen LogP contribution in [0.1, 0.15) is 29.5 Å². The van der Waals surface area contributed by atoms with Gasteiger partial charge in [-0.15, -0.1) is 22.7 Å². The molecule has 2 aromatic heterocycles. The van der Waals surface area contributed by atoms with Crippen LogP contribution in [0.3, 0.4) is 0 Å². The van der Waals surface area contributed by atoms with E-state index in [9.17, 15) is 4.79 Å². The van der Waals surface area contributed by atoms with E-state index < -0.39 is 0 Å². The summed E-state index contributed by atoms with van der Waals surface area (Å²) in [5, 5.41) is 15.5. The summed E-state index contributed by atoms with van der Waals surface area (Å²) in [5.74, 6) is -0.0399. The summed E-state index contributed by atoms with van der Waals surface area (Å²) in [6.45, 7) is 1.38. The smallest absolute Gasteiger partial charge is 0.280 e. The highest BCUT2D eigenvalue weighted by Gasteiger charge is 2.34. The summed E-state index contributed by atoms with van der Waals surface area (Å²) >= 11 is 3.12. The van der Waals surface area contributed by atoms with Gasteiger partial charge in [-0.1, -0.05) is 12.1 Å². The third-order valence-corrected chi connectivity index (χ3v) is 6.50. The van der Waals surface area contributed by atoms with E-state index in [1.54, 1.807) is 17.4 Å². The number of rotatable bonds is 4. The number of fused-ring (bicyclic) bond motifs is 1. The molecule has 0 bridgehead atoms. The van der Waals surface area contributed by atoms with Crippen LogP contribution < -0.4 is 10.2 Å². The average Bonchev–Trinajstić information content (AvgIpc) is 3.32. The Labute approximate surface area is 153 Å². The molecule has 1 aliphatic heterocycles. The molecule has 1 aliphatic rings. The van der Waals surface area contributed by atoms with E-state index in [1.165, 1.54) is 20.9 Å². The molecular weight excluding hydrogens is 352 g/mol. The van der Waals surface area contributed by atoms with E-state index >= 15 is 0 Å². The van der Waals surface area contributed by atoms with Crippen LogP contribution in [0.2, 0.25) is 0 Å². The molecule has 0 aliphatic carbocycles. The zero-order chi connectivity index (χ0) is 17.2. The predicted octanol–water partition coefficient (Wildman–Crippen LogP) is 2.59. The monoisotopic (exact) mass is 369 g/mol. The highest BCUT2D eigenvalue weighted by Crippen LogP contribution is 2.28. The van der Waals surface area contributed by atoms with Gasteiger partial charge >= 0.3 is 0 Å². The molecule has 1 aromatic carbocycles. The third-order valence-electron chi connectivity index (χ3n) is 4.52. The SMILES string of the molecule is N#Cc1ccsc1NC(=O)C[NH+]1CCC[C@H]1c1nc2ccccc2s1. The van der Waals surface area contributed by atoms with E-state index in [-0.39, 0.29) is 11.9 Å². The zero-order valence-electron chi connectivity index (χ0n) is 13.5. The van der Waals surface area contributed by atoms with Crippen LogP contribution >= 0.6 is 22.7 Å². The second kappa shape index (κ2) is 6.92. The van der Waals surface area contributed by atoms with Gasteiger partial charge in [0.05, 0.1) is 22.3 Å². The lowest BCUT2D eigenvalue weighted by Gasteiger charge is -2.19. The highest BCUT2D eigenvalue weighted by molar-refractivity contribution is 7.18. The number of thiazole rings is 1.